The molecule has 1 saturated heterocycles. The Morgan fingerprint density at radius 3 is 2.60 bits per heavy atom. The number of aliphatic hydroxyl groups excluding tert-OH is 3. The number of hydrogen-bond donors (Lipinski definition) is 4. The molecule has 0 radical (unpaired) electrons. The van der Waals surface area contributed by atoms with Crippen LogP contribution in [0, 0.1) is 0 Å². The van der Waals surface area contributed by atoms with Gasteiger partial charge in [-0.05, 0) is 0 Å². The Bertz CT molecular complexity index is 546. The summed E-state index contributed by atoms with van der Waals surface area (Å²) in [7, 11) is 0. The molecule has 1 aromatic heterocycles. The molecule has 112 valence electrons. The van der Waals surface area contributed by atoms with E-state index in [0.29, 0.717) is 0 Å². The Hall–Kier alpha value is -1.85. The van der Waals surface area contributed by atoms with Crippen LogP contribution in [0.5, 0.6) is 0 Å². The van der Waals surface area contributed by atoms with Gasteiger partial charge in [0, 0.05) is 12.4 Å². The molecule has 1 aliphatic heterocycles. The molecule has 0 aromatic carbocycles. The monoisotopic (exact) mass is 289 g/mol. The van der Waals surface area contributed by atoms with E-state index in [-0.39, 0.29) is 5.48 Å². The Balaban J connectivity index is 0.00000200. The number of hydrogen-bond acceptors (Lipinski definition) is 7. The standard InChI is InChI=1S/C10H13N3O6.H2O/c11-8(17)5-9(18)13(2-1-12-5)10-7(16)6(15)4(3-14)19-10;/h1-2,4,6-7,10,14-16H,3H2,(H2,11,17);1H2/t4-,6-,7-,10-;/m1./s1. The van der Waals surface area contributed by atoms with Gasteiger partial charge in [-0.3, -0.25) is 14.2 Å². The van der Waals surface area contributed by atoms with Crippen LogP contribution in [0.2, 0.25) is 0 Å². The molecular formula is C10H15N3O7. The van der Waals surface area contributed by atoms with Crippen molar-refractivity contribution in [3.05, 3.63) is 28.4 Å². The largest absolute Gasteiger partial charge is 0.412 e. The first kappa shape index (κ1) is 16.2. The lowest BCUT2D eigenvalue weighted by Gasteiger charge is -2.17. The minimum atomic E-state index is -1.42. The summed E-state index contributed by atoms with van der Waals surface area (Å²) in [4.78, 5) is 26.5. The SMILES string of the molecule is NC(=O)c1nccn([C@@H]2O[C@H](CO)[C@@H](O)[C@H]2O)c1=O.O. The van der Waals surface area contributed by atoms with Gasteiger partial charge in [-0.15, -0.1) is 0 Å². The molecule has 10 heteroatoms. The van der Waals surface area contributed by atoms with Crippen LogP contribution in [0.25, 0.3) is 0 Å². The van der Waals surface area contributed by atoms with Crippen LogP contribution in [0.4, 0.5) is 0 Å². The van der Waals surface area contributed by atoms with Crippen molar-refractivity contribution in [2.24, 2.45) is 5.73 Å². The molecule has 1 aromatic rings. The van der Waals surface area contributed by atoms with Gasteiger partial charge in [-0.1, -0.05) is 0 Å². The first-order chi connectivity index (χ1) is 8.97. The number of aliphatic hydroxyl groups is 3. The van der Waals surface area contributed by atoms with E-state index in [1.54, 1.807) is 0 Å². The van der Waals surface area contributed by atoms with E-state index >= 15 is 0 Å². The van der Waals surface area contributed by atoms with Crippen molar-refractivity contribution in [3.63, 3.8) is 0 Å². The number of rotatable bonds is 3. The molecular weight excluding hydrogens is 274 g/mol. The zero-order valence-electron chi connectivity index (χ0n) is 10.2. The van der Waals surface area contributed by atoms with E-state index in [2.05, 4.69) is 4.98 Å². The number of ether oxygens (including phenoxy) is 1. The number of aromatic nitrogens is 2. The molecule has 0 saturated carbocycles. The molecule has 0 bridgehead atoms. The maximum absolute atomic E-state index is 11.9. The smallest absolute Gasteiger partial charge is 0.284 e. The number of carbonyl (C=O) groups is 1. The summed E-state index contributed by atoms with van der Waals surface area (Å²) in [5.74, 6) is -1.01. The molecule has 2 rings (SSSR count). The van der Waals surface area contributed by atoms with E-state index in [1.165, 1.54) is 6.20 Å². The van der Waals surface area contributed by atoms with Crippen LogP contribution in [-0.2, 0) is 4.74 Å². The molecule has 0 aliphatic carbocycles. The number of carbonyl (C=O) groups excluding carboxylic acids is 1. The van der Waals surface area contributed by atoms with Crippen LogP contribution in [0.3, 0.4) is 0 Å². The summed E-state index contributed by atoms with van der Waals surface area (Å²) < 4.78 is 6.07. The molecule has 20 heavy (non-hydrogen) atoms. The van der Waals surface area contributed by atoms with Gasteiger partial charge in [0.2, 0.25) is 0 Å². The van der Waals surface area contributed by atoms with Crippen LogP contribution in [0.1, 0.15) is 16.7 Å². The summed E-state index contributed by atoms with van der Waals surface area (Å²) in [6, 6.07) is 0. The van der Waals surface area contributed by atoms with Crippen molar-refractivity contribution in [1.29, 1.82) is 0 Å². The molecule has 10 nitrogen and oxygen atoms in total. The van der Waals surface area contributed by atoms with Crippen molar-refractivity contribution in [2.45, 2.75) is 24.5 Å². The number of nitrogens with zero attached hydrogens (tertiary/aromatic N) is 2. The van der Waals surface area contributed by atoms with Gasteiger partial charge in [0.25, 0.3) is 11.5 Å². The van der Waals surface area contributed by atoms with Crippen LogP contribution in [-0.4, -0.2) is 61.2 Å². The first-order valence-electron chi connectivity index (χ1n) is 5.46. The maximum atomic E-state index is 11.9. The van der Waals surface area contributed by atoms with Crippen LogP contribution in [0.15, 0.2) is 17.2 Å². The summed E-state index contributed by atoms with van der Waals surface area (Å²) in [6.45, 7) is -0.517. The van der Waals surface area contributed by atoms with E-state index in [4.69, 9.17) is 15.6 Å². The minimum absolute atomic E-state index is 0. The predicted molar refractivity (Wildman–Crippen MR) is 63.6 cm³/mol. The Kier molecular flexibility index (Phi) is 4.92. The van der Waals surface area contributed by atoms with E-state index < -0.39 is 48.3 Å². The fourth-order valence-corrected chi connectivity index (χ4v) is 1.90. The number of amides is 1. The van der Waals surface area contributed by atoms with Gasteiger partial charge in [-0.25, -0.2) is 4.98 Å². The van der Waals surface area contributed by atoms with E-state index in [0.717, 1.165) is 10.8 Å². The third-order valence-corrected chi connectivity index (χ3v) is 2.89. The Morgan fingerprint density at radius 1 is 1.45 bits per heavy atom. The highest BCUT2D eigenvalue weighted by molar-refractivity contribution is 5.90. The normalized spacial score (nSPS) is 28.9. The van der Waals surface area contributed by atoms with Gasteiger partial charge < -0.3 is 31.3 Å². The van der Waals surface area contributed by atoms with E-state index in [1.807, 2.05) is 0 Å². The van der Waals surface area contributed by atoms with Gasteiger partial charge >= 0.3 is 0 Å². The van der Waals surface area contributed by atoms with Gasteiger partial charge in [0.1, 0.15) is 18.3 Å². The third kappa shape index (κ3) is 2.55. The molecule has 1 aliphatic rings. The molecule has 4 atom stereocenters. The zero-order chi connectivity index (χ0) is 14.2. The fourth-order valence-electron chi connectivity index (χ4n) is 1.90. The topological polar surface area (TPSA) is 179 Å². The van der Waals surface area contributed by atoms with Crippen LogP contribution >= 0.6 is 0 Å². The lowest BCUT2D eigenvalue weighted by molar-refractivity contribution is -0.0545. The number of nitrogens with two attached hydrogens (primary N) is 1. The maximum Gasteiger partial charge on any atom is 0.284 e. The summed E-state index contributed by atoms with van der Waals surface area (Å²) in [6.07, 6.45) is -2.66. The lowest BCUT2D eigenvalue weighted by atomic mass is 10.1. The second-order valence-electron chi connectivity index (χ2n) is 4.08. The third-order valence-electron chi connectivity index (χ3n) is 2.89. The van der Waals surface area contributed by atoms with Crippen molar-refractivity contribution >= 4 is 5.91 Å². The fraction of sp³-hybridized carbons (Fsp3) is 0.500. The van der Waals surface area contributed by atoms with Crippen molar-refractivity contribution in [2.75, 3.05) is 6.61 Å². The molecule has 1 amide bonds. The van der Waals surface area contributed by atoms with Crippen molar-refractivity contribution < 1.29 is 30.3 Å². The highest BCUT2D eigenvalue weighted by Gasteiger charge is 2.43. The lowest BCUT2D eigenvalue weighted by Crippen LogP contribution is -2.38. The molecule has 7 N–H and O–H groups in total. The summed E-state index contributed by atoms with van der Waals surface area (Å²) in [5.41, 5.74) is 3.65. The summed E-state index contributed by atoms with van der Waals surface area (Å²) >= 11 is 0. The average Bonchev–Trinajstić information content (AvgIpc) is 2.66. The zero-order valence-corrected chi connectivity index (χ0v) is 10.2. The quantitative estimate of drug-likeness (QED) is 0.439. The van der Waals surface area contributed by atoms with Crippen molar-refractivity contribution in [3.8, 4) is 0 Å². The summed E-state index contributed by atoms with van der Waals surface area (Å²) in [5, 5.41) is 28.3. The second kappa shape index (κ2) is 6.07. The first-order valence-corrected chi connectivity index (χ1v) is 5.46. The highest BCUT2D eigenvalue weighted by atomic mass is 16.6. The molecule has 0 unspecified atom stereocenters. The predicted octanol–water partition coefficient (Wildman–Crippen LogP) is -3.87. The molecule has 1 fully saturated rings. The van der Waals surface area contributed by atoms with Gasteiger partial charge in [0.15, 0.2) is 11.9 Å². The average molecular weight is 289 g/mol. The van der Waals surface area contributed by atoms with Gasteiger partial charge in [0.05, 0.1) is 6.61 Å². The Labute approximate surface area is 112 Å². The van der Waals surface area contributed by atoms with Crippen molar-refractivity contribution in [1.82, 2.24) is 9.55 Å². The van der Waals surface area contributed by atoms with Crippen LogP contribution < -0.4 is 11.3 Å². The highest BCUT2D eigenvalue weighted by Crippen LogP contribution is 2.27. The van der Waals surface area contributed by atoms with Gasteiger partial charge in [-0.2, -0.15) is 0 Å². The minimum Gasteiger partial charge on any atom is -0.412 e. The number of primary amides is 1. The second-order valence-corrected chi connectivity index (χ2v) is 4.08. The van der Waals surface area contributed by atoms with E-state index in [9.17, 15) is 19.8 Å². The molecule has 2 heterocycles. The molecule has 0 spiro atoms. The Morgan fingerprint density at radius 2 is 2.10 bits per heavy atom.